The second kappa shape index (κ2) is 44.2. The zero-order chi connectivity index (χ0) is 44.9. The van der Waals surface area contributed by atoms with E-state index in [1.165, 1.54) is 135 Å². The van der Waals surface area contributed by atoms with E-state index in [4.69, 9.17) is 14.2 Å². The van der Waals surface area contributed by atoms with Crippen molar-refractivity contribution in [3.05, 3.63) is 36.5 Å². The minimum Gasteiger partial charge on any atom is -0.477 e. The lowest BCUT2D eigenvalue weighted by atomic mass is 10.0. The van der Waals surface area contributed by atoms with Crippen molar-refractivity contribution >= 4 is 17.9 Å². The van der Waals surface area contributed by atoms with Gasteiger partial charge in [-0.2, -0.15) is 0 Å². The Labute approximate surface area is 376 Å². The average Bonchev–Trinajstić information content (AvgIpc) is 3.22. The number of ether oxygens (including phenoxy) is 3. The monoisotopic (exact) mass is 861 g/mol. The molecule has 0 amide bonds. The predicted octanol–water partition coefficient (Wildman–Crippen LogP) is 14.6. The van der Waals surface area contributed by atoms with Gasteiger partial charge in [0.05, 0.1) is 34.4 Å². The van der Waals surface area contributed by atoms with Gasteiger partial charge in [0, 0.05) is 19.3 Å². The highest BCUT2D eigenvalue weighted by molar-refractivity contribution is 5.72. The van der Waals surface area contributed by atoms with Crippen LogP contribution in [0.5, 0.6) is 0 Å². The minimum absolute atomic E-state index is 0.0574. The highest BCUT2D eigenvalue weighted by Crippen LogP contribution is 2.16. The molecule has 0 aromatic heterocycles. The van der Waals surface area contributed by atoms with Crippen molar-refractivity contribution in [3.8, 4) is 0 Å². The first-order chi connectivity index (χ1) is 29.6. The van der Waals surface area contributed by atoms with Crippen LogP contribution in [0.3, 0.4) is 0 Å². The second-order valence-electron chi connectivity index (χ2n) is 18.5. The predicted molar refractivity (Wildman–Crippen MR) is 257 cm³/mol. The molecule has 1 N–H and O–H groups in total. The molecule has 0 bridgehead atoms. The first-order valence-corrected chi connectivity index (χ1v) is 25.6. The number of carboxylic acid groups (broad SMARTS) is 1. The molecule has 2 unspecified atom stereocenters. The van der Waals surface area contributed by atoms with Crippen molar-refractivity contribution in [3.63, 3.8) is 0 Å². The fraction of sp³-hybridized carbons (Fsp3) is 0.830. The number of unbranched alkanes of at least 4 members (excludes halogenated alkanes) is 28. The SMILES string of the molecule is CCCCCCC/C=C/C=C/C=C/CCCCCCCC(=O)OCC(COCCC(C(=O)O)[N+](C)(C)C)OC(=O)CCCCCCCCCCCCCCCCCCCCC. The van der Waals surface area contributed by atoms with Gasteiger partial charge in [-0.15, -0.1) is 0 Å². The van der Waals surface area contributed by atoms with Crippen molar-refractivity contribution in [2.45, 2.75) is 244 Å². The van der Waals surface area contributed by atoms with Crippen LogP contribution < -0.4 is 0 Å². The number of allylic oxidation sites excluding steroid dienone is 6. The number of likely N-dealkylation sites (N-methyl/N-ethyl adjacent to an activating group) is 1. The van der Waals surface area contributed by atoms with Crippen LogP contribution in [-0.4, -0.2) is 80.6 Å². The summed E-state index contributed by atoms with van der Waals surface area (Å²) in [4.78, 5) is 37.1. The van der Waals surface area contributed by atoms with Gasteiger partial charge in [-0.1, -0.05) is 211 Å². The molecule has 0 radical (unpaired) electrons. The van der Waals surface area contributed by atoms with Crippen LogP contribution >= 0.6 is 0 Å². The molecule has 0 spiro atoms. The molecule has 0 rings (SSSR count). The van der Waals surface area contributed by atoms with E-state index in [2.05, 4.69) is 50.3 Å². The third kappa shape index (κ3) is 42.6. The largest absolute Gasteiger partial charge is 0.477 e. The summed E-state index contributed by atoms with van der Waals surface area (Å²) in [7, 11) is 5.53. The summed E-state index contributed by atoms with van der Waals surface area (Å²) in [5, 5.41) is 9.65. The van der Waals surface area contributed by atoms with Crippen LogP contribution in [0.15, 0.2) is 36.5 Å². The number of carbonyl (C=O) groups excluding carboxylic acids is 2. The van der Waals surface area contributed by atoms with E-state index in [0.717, 1.165) is 64.2 Å². The van der Waals surface area contributed by atoms with Gasteiger partial charge in [-0.05, 0) is 38.5 Å². The maximum atomic E-state index is 12.8. The van der Waals surface area contributed by atoms with Crippen LogP contribution in [0.2, 0.25) is 0 Å². The van der Waals surface area contributed by atoms with E-state index >= 15 is 0 Å². The van der Waals surface area contributed by atoms with Gasteiger partial charge in [0.15, 0.2) is 12.1 Å². The van der Waals surface area contributed by atoms with Crippen LogP contribution in [0.1, 0.15) is 232 Å². The van der Waals surface area contributed by atoms with Crippen molar-refractivity contribution in [2.75, 3.05) is 41.0 Å². The number of quaternary nitrogens is 1. The number of rotatable bonds is 46. The maximum Gasteiger partial charge on any atom is 0.362 e. The molecule has 0 aliphatic rings. The number of esters is 2. The zero-order valence-electron chi connectivity index (χ0n) is 40.6. The van der Waals surface area contributed by atoms with Crippen LogP contribution in [0.4, 0.5) is 0 Å². The molecule has 0 heterocycles. The van der Waals surface area contributed by atoms with Crippen molar-refractivity contribution in [1.29, 1.82) is 0 Å². The fourth-order valence-corrected chi connectivity index (χ4v) is 7.62. The minimum atomic E-state index is -0.876. The third-order valence-corrected chi connectivity index (χ3v) is 11.6. The summed E-state index contributed by atoms with van der Waals surface area (Å²) in [5.74, 6) is -1.48. The van der Waals surface area contributed by atoms with Gasteiger partial charge in [0.2, 0.25) is 0 Å². The van der Waals surface area contributed by atoms with Gasteiger partial charge in [-0.25, -0.2) is 4.79 Å². The van der Waals surface area contributed by atoms with Gasteiger partial charge in [0.25, 0.3) is 0 Å². The van der Waals surface area contributed by atoms with Gasteiger partial charge < -0.3 is 23.8 Å². The summed E-state index contributed by atoms with van der Waals surface area (Å²) in [6.45, 7) is 4.73. The van der Waals surface area contributed by atoms with E-state index in [9.17, 15) is 19.5 Å². The first kappa shape index (κ1) is 58.6. The standard InChI is InChI=1S/C53H97NO7/c1-6-8-10-12-14-16-18-20-22-24-26-28-30-32-34-36-38-40-42-44-52(56)61-49(47-59-46-45-50(53(57)58)54(3,4)5)48-60-51(55)43-41-39-37-35-33-31-29-27-25-23-21-19-17-15-13-11-9-7-2/h19,21,23,25,27,29,49-50H,6-18,20,22,24,26,28,30-48H2,1-5H3/p+1/b21-19+,25-23+,29-27+. The summed E-state index contributed by atoms with van der Waals surface area (Å²) in [5.41, 5.74) is 0. The van der Waals surface area contributed by atoms with E-state index in [1.54, 1.807) is 0 Å². The van der Waals surface area contributed by atoms with Crippen molar-refractivity contribution < 1.29 is 38.2 Å². The Kier molecular flexibility index (Phi) is 42.4. The normalized spacial score (nSPS) is 13.1. The Morgan fingerprint density at radius 2 is 0.869 bits per heavy atom. The van der Waals surface area contributed by atoms with E-state index in [1.807, 2.05) is 21.1 Å². The highest BCUT2D eigenvalue weighted by Gasteiger charge is 2.31. The molecule has 0 saturated carbocycles. The van der Waals surface area contributed by atoms with Crippen LogP contribution in [-0.2, 0) is 28.6 Å². The van der Waals surface area contributed by atoms with Gasteiger partial charge >= 0.3 is 17.9 Å². The molecule has 61 heavy (non-hydrogen) atoms. The fourth-order valence-electron chi connectivity index (χ4n) is 7.62. The number of hydrogen-bond acceptors (Lipinski definition) is 6. The first-order valence-electron chi connectivity index (χ1n) is 25.6. The highest BCUT2D eigenvalue weighted by atomic mass is 16.6. The lowest BCUT2D eigenvalue weighted by Crippen LogP contribution is -2.50. The molecule has 2 atom stereocenters. The molecule has 0 saturated heterocycles. The number of hydrogen-bond donors (Lipinski definition) is 1. The number of carbonyl (C=O) groups is 3. The molecule has 0 aliphatic heterocycles. The Morgan fingerprint density at radius 3 is 1.26 bits per heavy atom. The maximum absolute atomic E-state index is 12.8. The summed E-state index contributed by atoms with van der Waals surface area (Å²) in [6.07, 6.45) is 51.9. The topological polar surface area (TPSA) is 99.1 Å². The Balaban J connectivity index is 4.27. The lowest BCUT2D eigenvalue weighted by Gasteiger charge is -2.31. The van der Waals surface area contributed by atoms with Crippen molar-refractivity contribution in [2.24, 2.45) is 0 Å². The quantitative estimate of drug-likeness (QED) is 0.0282. The smallest absolute Gasteiger partial charge is 0.362 e. The van der Waals surface area contributed by atoms with E-state index in [0.29, 0.717) is 19.3 Å². The molecule has 8 nitrogen and oxygen atoms in total. The Morgan fingerprint density at radius 1 is 0.492 bits per heavy atom. The molecule has 0 aliphatic carbocycles. The lowest BCUT2D eigenvalue weighted by molar-refractivity contribution is -0.887. The van der Waals surface area contributed by atoms with Crippen LogP contribution in [0, 0.1) is 0 Å². The van der Waals surface area contributed by atoms with Crippen LogP contribution in [0.25, 0.3) is 0 Å². The molecular weight excluding hydrogens is 763 g/mol. The molecule has 356 valence electrons. The number of nitrogens with zero attached hydrogens (tertiary/aromatic N) is 1. The number of aliphatic carboxylic acids is 1. The second-order valence-corrected chi connectivity index (χ2v) is 18.5. The average molecular weight is 861 g/mol. The molecular formula is C53H98NO7+. The van der Waals surface area contributed by atoms with E-state index < -0.39 is 18.1 Å². The molecule has 0 aromatic carbocycles. The summed E-state index contributed by atoms with van der Waals surface area (Å²) < 4.78 is 17.3. The Hall–Kier alpha value is -2.45. The van der Waals surface area contributed by atoms with Gasteiger partial charge in [-0.3, -0.25) is 9.59 Å². The molecule has 0 aromatic rings. The van der Waals surface area contributed by atoms with Gasteiger partial charge in [0.1, 0.15) is 6.61 Å². The number of carboxylic acids is 1. The molecule has 8 heteroatoms. The Bertz CT molecular complexity index is 1090. The summed E-state index contributed by atoms with van der Waals surface area (Å²) >= 11 is 0. The molecule has 0 fully saturated rings. The summed E-state index contributed by atoms with van der Waals surface area (Å²) in [6, 6.07) is -0.617. The van der Waals surface area contributed by atoms with Crippen molar-refractivity contribution in [1.82, 2.24) is 0 Å². The third-order valence-electron chi connectivity index (χ3n) is 11.6. The zero-order valence-corrected chi connectivity index (χ0v) is 40.6. The van der Waals surface area contributed by atoms with E-state index in [-0.39, 0.29) is 36.2 Å².